The van der Waals surface area contributed by atoms with Crippen molar-refractivity contribution in [2.24, 2.45) is 11.8 Å². The van der Waals surface area contributed by atoms with Crippen LogP contribution in [0.3, 0.4) is 0 Å². The van der Waals surface area contributed by atoms with Crippen molar-refractivity contribution in [3.63, 3.8) is 0 Å². The molecule has 0 aliphatic heterocycles. The summed E-state index contributed by atoms with van der Waals surface area (Å²) in [4.78, 5) is 22.4. The second-order valence-corrected chi connectivity index (χ2v) is 5.35. The first-order chi connectivity index (χ1) is 8.91. The van der Waals surface area contributed by atoms with Crippen LogP contribution >= 0.6 is 0 Å². The Morgan fingerprint density at radius 1 is 1.05 bits per heavy atom. The molecular formula is C14H26NO4Rb. The van der Waals surface area contributed by atoms with E-state index in [2.05, 4.69) is 5.32 Å². The Morgan fingerprint density at radius 2 is 1.70 bits per heavy atom. The summed E-state index contributed by atoms with van der Waals surface area (Å²) in [6.45, 7) is 9.22. The molecule has 6 heteroatoms. The third-order valence-electron chi connectivity index (χ3n) is 2.13. The number of amides is 1. The zero-order valence-corrected chi connectivity index (χ0v) is 18.4. The van der Waals surface area contributed by atoms with Crippen molar-refractivity contribution in [3.05, 3.63) is 5.32 Å². The maximum absolute atomic E-state index is 11.2. The van der Waals surface area contributed by atoms with Crippen molar-refractivity contribution >= 4 is 11.9 Å². The van der Waals surface area contributed by atoms with Crippen molar-refractivity contribution < 1.29 is 77.3 Å². The summed E-state index contributed by atoms with van der Waals surface area (Å²) in [5.74, 6) is 0.275. The van der Waals surface area contributed by atoms with Crippen LogP contribution in [0.25, 0.3) is 5.32 Å². The standard InChI is InChI=1S/C14H27NO4.Rb/c1-11(2)8-14(17)19-7-5-6-18-10-13(16)15-9-12(3)4;/h11-12H,5-10H2,1-4H3,(H,15,16);/q;+1/p-1. The first-order valence-corrected chi connectivity index (χ1v) is 6.85. The number of rotatable bonds is 10. The fraction of sp³-hybridized carbons (Fsp3) is 0.857. The van der Waals surface area contributed by atoms with Gasteiger partial charge in [-0.1, -0.05) is 33.6 Å². The summed E-state index contributed by atoms with van der Waals surface area (Å²) in [5.41, 5.74) is 0. The second-order valence-electron chi connectivity index (χ2n) is 5.35. The van der Waals surface area contributed by atoms with Gasteiger partial charge in [0.1, 0.15) is 0 Å². The fourth-order valence-corrected chi connectivity index (χ4v) is 1.23. The molecule has 0 aromatic rings. The Balaban J connectivity index is 0. The molecule has 0 saturated heterocycles. The molecule has 0 rings (SSSR count). The molecule has 0 fully saturated rings. The van der Waals surface area contributed by atoms with Gasteiger partial charge < -0.3 is 19.6 Å². The Morgan fingerprint density at radius 3 is 2.25 bits per heavy atom. The first-order valence-electron chi connectivity index (χ1n) is 6.85. The van der Waals surface area contributed by atoms with E-state index >= 15 is 0 Å². The summed E-state index contributed by atoms with van der Waals surface area (Å²) in [7, 11) is 0. The van der Waals surface area contributed by atoms with Gasteiger partial charge in [0.2, 0.25) is 0 Å². The van der Waals surface area contributed by atoms with Gasteiger partial charge in [-0.05, 0) is 5.92 Å². The topological polar surface area (TPSA) is 66.7 Å². The Labute approximate surface area is 171 Å². The maximum atomic E-state index is 11.2. The molecule has 0 aliphatic carbocycles. The molecule has 0 spiro atoms. The van der Waals surface area contributed by atoms with Gasteiger partial charge in [0, 0.05) is 12.8 Å². The molecule has 0 radical (unpaired) electrons. The number of hydrogen-bond acceptors (Lipinski definition) is 4. The molecule has 0 atom stereocenters. The number of carbonyl (C=O) groups is 2. The van der Waals surface area contributed by atoms with Crippen LogP contribution in [0.4, 0.5) is 0 Å². The molecule has 0 aromatic heterocycles. The van der Waals surface area contributed by atoms with Crippen LogP contribution < -0.4 is 58.2 Å². The van der Waals surface area contributed by atoms with Gasteiger partial charge in [-0.25, -0.2) is 0 Å². The normalized spacial score (nSPS) is 10.3. The van der Waals surface area contributed by atoms with E-state index in [0.717, 1.165) is 0 Å². The number of carbonyl (C=O) groups excluding carboxylic acids is 2. The van der Waals surface area contributed by atoms with Gasteiger partial charge in [-0.15, -0.1) is 6.54 Å². The average Bonchev–Trinajstić information content (AvgIpc) is 2.30. The largest absolute Gasteiger partial charge is 1.00 e. The van der Waals surface area contributed by atoms with Crippen LogP contribution in [-0.2, 0) is 19.1 Å². The van der Waals surface area contributed by atoms with Gasteiger partial charge in [0.25, 0.3) is 0 Å². The summed E-state index contributed by atoms with van der Waals surface area (Å²) in [6.07, 6.45) is 1.04. The molecular weight excluding hydrogens is 332 g/mol. The van der Waals surface area contributed by atoms with Crippen LogP contribution in [0.2, 0.25) is 0 Å². The van der Waals surface area contributed by atoms with Crippen LogP contribution in [0, 0.1) is 11.8 Å². The van der Waals surface area contributed by atoms with Gasteiger partial charge in [-0.3, -0.25) is 4.79 Å². The van der Waals surface area contributed by atoms with E-state index in [-0.39, 0.29) is 76.7 Å². The summed E-state index contributed by atoms with van der Waals surface area (Å²) < 4.78 is 10.2. The molecule has 0 unspecified atom stereocenters. The van der Waals surface area contributed by atoms with Gasteiger partial charge in [0.15, 0.2) is 0 Å². The molecule has 1 amide bonds. The molecule has 5 nitrogen and oxygen atoms in total. The van der Waals surface area contributed by atoms with E-state index in [1.807, 2.05) is 27.7 Å². The van der Waals surface area contributed by atoms with E-state index in [1.54, 1.807) is 0 Å². The van der Waals surface area contributed by atoms with Crippen molar-refractivity contribution in [1.29, 1.82) is 0 Å². The molecule has 0 heterocycles. The van der Waals surface area contributed by atoms with E-state index in [1.165, 1.54) is 0 Å². The van der Waals surface area contributed by atoms with E-state index < -0.39 is 0 Å². The summed E-state index contributed by atoms with van der Waals surface area (Å²) in [5, 5.41) is 3.85. The monoisotopic (exact) mass is 357 g/mol. The number of hydrogen-bond donors (Lipinski definition) is 0. The molecule has 20 heavy (non-hydrogen) atoms. The number of nitrogens with zero attached hydrogens (tertiary/aromatic N) is 1. The van der Waals surface area contributed by atoms with Crippen LogP contribution in [-0.4, -0.2) is 38.2 Å². The minimum absolute atomic E-state index is 0. The van der Waals surface area contributed by atoms with Gasteiger partial charge in [-0.2, -0.15) is 0 Å². The third-order valence-corrected chi connectivity index (χ3v) is 2.13. The third kappa shape index (κ3) is 16.8. The van der Waals surface area contributed by atoms with E-state index in [4.69, 9.17) is 9.47 Å². The molecule has 0 N–H and O–H groups in total. The van der Waals surface area contributed by atoms with Crippen molar-refractivity contribution in [1.82, 2.24) is 0 Å². The van der Waals surface area contributed by atoms with Crippen LogP contribution in [0.15, 0.2) is 0 Å². The van der Waals surface area contributed by atoms with E-state index in [9.17, 15) is 9.59 Å². The predicted molar refractivity (Wildman–Crippen MR) is 73.9 cm³/mol. The smallest absolute Gasteiger partial charge is 0.651 e. The SMILES string of the molecule is CC(C)C[N-]C(=O)COCCCOC(=O)CC(C)C.[Rb+]. The van der Waals surface area contributed by atoms with Crippen molar-refractivity contribution in [2.75, 3.05) is 26.4 Å². The Kier molecular flexibility index (Phi) is 16.8. The minimum Gasteiger partial charge on any atom is -0.651 e. The number of esters is 1. The quantitative estimate of drug-likeness (QED) is 0.392. The first kappa shape index (κ1) is 23.0. The van der Waals surface area contributed by atoms with Crippen LogP contribution in [0.1, 0.15) is 40.5 Å². The summed E-state index contributed by atoms with van der Waals surface area (Å²) in [6, 6.07) is 0. The minimum atomic E-state index is -0.231. The number of ether oxygens (including phenoxy) is 2. The van der Waals surface area contributed by atoms with Crippen molar-refractivity contribution in [2.45, 2.75) is 40.5 Å². The molecule has 0 aliphatic rings. The van der Waals surface area contributed by atoms with Gasteiger partial charge in [0.05, 0.1) is 25.7 Å². The molecule has 112 valence electrons. The molecule has 0 bridgehead atoms. The average molecular weight is 358 g/mol. The second kappa shape index (κ2) is 14.6. The van der Waals surface area contributed by atoms with Gasteiger partial charge >= 0.3 is 64.2 Å². The summed E-state index contributed by atoms with van der Waals surface area (Å²) >= 11 is 0. The molecule has 0 aromatic carbocycles. The maximum Gasteiger partial charge on any atom is 1.00 e. The predicted octanol–water partition coefficient (Wildman–Crippen LogP) is -0.457. The van der Waals surface area contributed by atoms with Crippen LogP contribution in [0.5, 0.6) is 0 Å². The van der Waals surface area contributed by atoms with Crippen molar-refractivity contribution in [3.8, 4) is 0 Å². The fourth-order valence-electron chi connectivity index (χ4n) is 1.23. The Bertz CT molecular complexity index is 270. The zero-order chi connectivity index (χ0) is 14.7. The zero-order valence-electron chi connectivity index (χ0n) is 13.5. The molecule has 0 saturated carbocycles. The van der Waals surface area contributed by atoms with E-state index in [0.29, 0.717) is 44.4 Å². The Hall–Kier alpha value is 0.705.